The fourth-order valence-electron chi connectivity index (χ4n) is 3.49. The van der Waals surface area contributed by atoms with Crippen molar-refractivity contribution in [2.45, 2.75) is 38.3 Å². The molecular weight excluding hydrogens is 330 g/mol. The summed E-state index contributed by atoms with van der Waals surface area (Å²) >= 11 is 0. The van der Waals surface area contributed by atoms with Crippen molar-refractivity contribution in [3.8, 4) is 0 Å². The van der Waals surface area contributed by atoms with E-state index in [0.29, 0.717) is 32.5 Å². The molecule has 0 unspecified atom stereocenters. The summed E-state index contributed by atoms with van der Waals surface area (Å²) in [5.41, 5.74) is 1.58. The first-order valence-electron chi connectivity index (χ1n) is 9.16. The monoisotopic (exact) mass is 357 g/mol. The Bertz CT molecular complexity index is 717. The molecule has 1 saturated heterocycles. The number of aromatic nitrogens is 2. The summed E-state index contributed by atoms with van der Waals surface area (Å²) in [6.07, 6.45) is 5.47. The highest BCUT2D eigenvalue weighted by Gasteiger charge is 2.38. The third-order valence-corrected chi connectivity index (χ3v) is 4.84. The van der Waals surface area contributed by atoms with Gasteiger partial charge in [-0.2, -0.15) is 5.10 Å². The van der Waals surface area contributed by atoms with Crippen LogP contribution in [0.4, 0.5) is 0 Å². The lowest BCUT2D eigenvalue weighted by Crippen LogP contribution is -2.56. The largest absolute Gasteiger partial charge is 0.393 e. The smallest absolute Gasteiger partial charge is 0.222 e. The number of ether oxygens (including phenoxy) is 1. The molecule has 26 heavy (non-hydrogen) atoms. The molecule has 1 aromatic heterocycles. The molecule has 2 heterocycles. The van der Waals surface area contributed by atoms with Crippen LogP contribution in [-0.4, -0.2) is 57.6 Å². The predicted octanol–water partition coefficient (Wildman–Crippen LogP) is 1.80. The number of morpholine rings is 1. The number of carbonyl (C=O) groups excluding carboxylic acids is 1. The summed E-state index contributed by atoms with van der Waals surface area (Å²) in [5.74, 6) is 0.113. The second kappa shape index (κ2) is 8.47. The molecule has 140 valence electrons. The van der Waals surface area contributed by atoms with Crippen molar-refractivity contribution in [2.75, 3.05) is 26.3 Å². The minimum atomic E-state index is -0.719. The van der Waals surface area contributed by atoms with Crippen molar-refractivity contribution < 1.29 is 14.6 Å². The highest BCUT2D eigenvalue weighted by molar-refractivity contribution is 5.76. The molecule has 6 nitrogen and oxygen atoms in total. The number of rotatable bonds is 7. The van der Waals surface area contributed by atoms with Crippen LogP contribution < -0.4 is 0 Å². The van der Waals surface area contributed by atoms with Crippen molar-refractivity contribution in [1.82, 2.24) is 14.7 Å². The standard InChI is InChI=1S/C20H27N3O3/c1-17-5-2-6-18(13-17)14-20(16-24)15-22(11-12-26-20)19(25)7-3-9-23-10-4-8-21-23/h2,4-6,8,10,13,24H,3,7,9,11-12,14-16H2,1H3/t20-/m0/s1. The van der Waals surface area contributed by atoms with Crippen molar-refractivity contribution in [3.05, 3.63) is 53.9 Å². The van der Waals surface area contributed by atoms with Crippen molar-refractivity contribution in [2.24, 2.45) is 0 Å². The van der Waals surface area contributed by atoms with E-state index < -0.39 is 5.60 Å². The molecule has 6 heteroatoms. The zero-order valence-electron chi connectivity index (χ0n) is 15.3. The van der Waals surface area contributed by atoms with Gasteiger partial charge in [-0.3, -0.25) is 9.48 Å². The lowest BCUT2D eigenvalue weighted by Gasteiger charge is -2.42. The number of benzene rings is 1. The number of aryl methyl sites for hydroxylation is 2. The molecule has 1 aliphatic heterocycles. The molecular formula is C20H27N3O3. The van der Waals surface area contributed by atoms with Crippen LogP contribution in [-0.2, 0) is 22.5 Å². The van der Waals surface area contributed by atoms with Crippen LogP contribution in [0.3, 0.4) is 0 Å². The van der Waals surface area contributed by atoms with Gasteiger partial charge < -0.3 is 14.7 Å². The number of hydrogen-bond acceptors (Lipinski definition) is 4. The molecule has 1 fully saturated rings. The second-order valence-electron chi connectivity index (χ2n) is 7.04. The molecule has 2 aromatic rings. The Kier molecular flexibility index (Phi) is 6.06. The molecule has 0 bridgehead atoms. The summed E-state index contributed by atoms with van der Waals surface area (Å²) in [5, 5.41) is 14.2. The van der Waals surface area contributed by atoms with Gasteiger partial charge in [0.15, 0.2) is 0 Å². The van der Waals surface area contributed by atoms with Crippen molar-refractivity contribution in [1.29, 1.82) is 0 Å². The van der Waals surface area contributed by atoms with Gasteiger partial charge in [0, 0.05) is 38.3 Å². The lowest BCUT2D eigenvalue weighted by atomic mass is 9.92. The maximum atomic E-state index is 12.6. The van der Waals surface area contributed by atoms with Gasteiger partial charge in [0.1, 0.15) is 5.60 Å². The molecule has 1 atom stereocenters. The van der Waals surface area contributed by atoms with Gasteiger partial charge in [-0.15, -0.1) is 0 Å². The average Bonchev–Trinajstić information content (AvgIpc) is 3.15. The Hall–Kier alpha value is -2.18. The van der Waals surface area contributed by atoms with E-state index in [0.717, 1.165) is 18.5 Å². The number of hydrogen-bond donors (Lipinski definition) is 1. The Morgan fingerprint density at radius 3 is 3.00 bits per heavy atom. The normalized spacial score (nSPS) is 20.3. The Balaban J connectivity index is 1.58. The highest BCUT2D eigenvalue weighted by Crippen LogP contribution is 2.24. The summed E-state index contributed by atoms with van der Waals surface area (Å²) in [6, 6.07) is 10.1. The molecule has 0 radical (unpaired) electrons. The zero-order valence-corrected chi connectivity index (χ0v) is 15.3. The van der Waals surface area contributed by atoms with E-state index in [4.69, 9.17) is 4.74 Å². The summed E-state index contributed by atoms with van der Waals surface area (Å²) < 4.78 is 7.78. The van der Waals surface area contributed by atoms with E-state index in [1.807, 2.05) is 47.0 Å². The highest BCUT2D eigenvalue weighted by atomic mass is 16.5. The Labute approximate surface area is 154 Å². The van der Waals surface area contributed by atoms with E-state index in [9.17, 15) is 9.90 Å². The van der Waals surface area contributed by atoms with E-state index in [-0.39, 0.29) is 12.5 Å². The molecule has 1 N–H and O–H groups in total. The van der Waals surface area contributed by atoms with Crippen LogP contribution >= 0.6 is 0 Å². The first kappa shape index (κ1) is 18.6. The van der Waals surface area contributed by atoms with Crippen molar-refractivity contribution in [3.63, 3.8) is 0 Å². The Morgan fingerprint density at radius 2 is 2.27 bits per heavy atom. The maximum Gasteiger partial charge on any atom is 0.222 e. The fourth-order valence-corrected chi connectivity index (χ4v) is 3.49. The molecule has 1 amide bonds. The van der Waals surface area contributed by atoms with Gasteiger partial charge >= 0.3 is 0 Å². The quantitative estimate of drug-likeness (QED) is 0.821. The third-order valence-electron chi connectivity index (χ3n) is 4.84. The molecule has 0 aliphatic carbocycles. The maximum absolute atomic E-state index is 12.6. The number of aliphatic hydroxyl groups is 1. The van der Waals surface area contributed by atoms with E-state index in [2.05, 4.69) is 11.2 Å². The number of nitrogens with zero attached hydrogens (tertiary/aromatic N) is 3. The predicted molar refractivity (Wildman–Crippen MR) is 98.7 cm³/mol. The van der Waals surface area contributed by atoms with Gasteiger partial charge in [-0.1, -0.05) is 29.8 Å². The fraction of sp³-hybridized carbons (Fsp3) is 0.500. The van der Waals surface area contributed by atoms with Crippen LogP contribution in [0, 0.1) is 6.92 Å². The summed E-state index contributed by atoms with van der Waals surface area (Å²) in [7, 11) is 0. The van der Waals surface area contributed by atoms with Gasteiger partial charge in [0.2, 0.25) is 5.91 Å². The minimum Gasteiger partial charge on any atom is -0.393 e. The third kappa shape index (κ3) is 4.71. The first-order chi connectivity index (χ1) is 12.6. The van der Waals surface area contributed by atoms with Gasteiger partial charge in [0.25, 0.3) is 0 Å². The number of carbonyl (C=O) groups is 1. The van der Waals surface area contributed by atoms with Crippen LogP contribution in [0.5, 0.6) is 0 Å². The molecule has 3 rings (SSSR count). The van der Waals surface area contributed by atoms with Gasteiger partial charge in [0.05, 0.1) is 19.8 Å². The second-order valence-corrected chi connectivity index (χ2v) is 7.04. The lowest BCUT2D eigenvalue weighted by molar-refractivity contribution is -0.158. The van der Waals surface area contributed by atoms with Gasteiger partial charge in [-0.05, 0) is 25.0 Å². The van der Waals surface area contributed by atoms with E-state index >= 15 is 0 Å². The van der Waals surface area contributed by atoms with E-state index in [1.165, 1.54) is 5.56 Å². The van der Waals surface area contributed by atoms with E-state index in [1.54, 1.807) is 6.20 Å². The molecule has 1 aliphatic rings. The average molecular weight is 357 g/mol. The van der Waals surface area contributed by atoms with Crippen LogP contribution in [0.2, 0.25) is 0 Å². The molecule has 1 aromatic carbocycles. The van der Waals surface area contributed by atoms with Crippen LogP contribution in [0.1, 0.15) is 24.0 Å². The first-order valence-corrected chi connectivity index (χ1v) is 9.16. The van der Waals surface area contributed by atoms with Gasteiger partial charge in [-0.25, -0.2) is 0 Å². The number of aliphatic hydroxyl groups excluding tert-OH is 1. The summed E-state index contributed by atoms with van der Waals surface area (Å²) in [4.78, 5) is 14.4. The number of amides is 1. The van der Waals surface area contributed by atoms with Crippen LogP contribution in [0.15, 0.2) is 42.7 Å². The zero-order chi connectivity index (χ0) is 18.4. The summed E-state index contributed by atoms with van der Waals surface area (Å²) in [6.45, 7) is 4.15. The molecule has 0 saturated carbocycles. The topological polar surface area (TPSA) is 67.6 Å². The Morgan fingerprint density at radius 1 is 1.38 bits per heavy atom. The molecule has 0 spiro atoms. The van der Waals surface area contributed by atoms with Crippen LogP contribution in [0.25, 0.3) is 0 Å². The SMILES string of the molecule is Cc1cccc(C[C@@]2(CO)CN(C(=O)CCCn3cccn3)CCO2)c1. The van der Waals surface area contributed by atoms with Crippen molar-refractivity contribution >= 4 is 5.91 Å². The minimum absolute atomic E-state index is 0.0992.